The van der Waals surface area contributed by atoms with Crippen LogP contribution in [-0.2, 0) is 6.54 Å². The first-order valence-corrected chi connectivity index (χ1v) is 9.61. The Labute approximate surface area is 178 Å². The molecule has 0 radical (unpaired) electrons. The van der Waals surface area contributed by atoms with Crippen molar-refractivity contribution >= 4 is 11.7 Å². The summed E-state index contributed by atoms with van der Waals surface area (Å²) in [6.45, 7) is 0.665. The van der Waals surface area contributed by atoms with Crippen molar-refractivity contribution in [1.29, 1.82) is 0 Å². The average Bonchev–Trinajstić information content (AvgIpc) is 2.78. The molecule has 1 aromatic heterocycles. The van der Waals surface area contributed by atoms with Crippen LogP contribution in [0.25, 0.3) is 11.3 Å². The van der Waals surface area contributed by atoms with E-state index in [1.54, 1.807) is 36.4 Å². The molecular formula is C22H23FN4O4. The number of hydrogen-bond acceptors (Lipinski definition) is 5. The summed E-state index contributed by atoms with van der Waals surface area (Å²) < 4.78 is 24.8. The molecule has 8 nitrogen and oxygen atoms in total. The van der Waals surface area contributed by atoms with E-state index in [1.807, 2.05) is 0 Å². The number of halogens is 1. The number of nitrogens with zero attached hydrogens (tertiary/aromatic N) is 2. The number of hydrogen-bond donors (Lipinski definition) is 2. The van der Waals surface area contributed by atoms with Crippen molar-refractivity contribution in [3.8, 4) is 22.8 Å². The van der Waals surface area contributed by atoms with Gasteiger partial charge in [0.1, 0.15) is 5.82 Å². The predicted molar refractivity (Wildman–Crippen MR) is 115 cm³/mol. The molecule has 162 valence electrons. The minimum atomic E-state index is -0.382. The van der Waals surface area contributed by atoms with E-state index in [0.29, 0.717) is 48.0 Å². The summed E-state index contributed by atoms with van der Waals surface area (Å²) >= 11 is 0. The zero-order valence-corrected chi connectivity index (χ0v) is 17.2. The molecule has 1 heterocycles. The van der Waals surface area contributed by atoms with Gasteiger partial charge >= 0.3 is 6.03 Å². The summed E-state index contributed by atoms with van der Waals surface area (Å²) in [6, 6.07) is 13.6. The van der Waals surface area contributed by atoms with E-state index in [0.717, 1.165) is 0 Å². The number of anilines is 1. The first-order valence-electron chi connectivity index (χ1n) is 9.61. The Balaban J connectivity index is 1.52. The smallest absolute Gasteiger partial charge is 0.319 e. The van der Waals surface area contributed by atoms with Gasteiger partial charge in [0.25, 0.3) is 5.56 Å². The highest BCUT2D eigenvalue weighted by atomic mass is 19.1. The van der Waals surface area contributed by atoms with Gasteiger partial charge in [-0.3, -0.25) is 4.79 Å². The molecule has 0 unspecified atom stereocenters. The summed E-state index contributed by atoms with van der Waals surface area (Å²) in [5, 5.41) is 9.76. The maximum absolute atomic E-state index is 13.1. The third-order valence-electron chi connectivity index (χ3n) is 4.48. The number of carbonyl (C=O) groups excluding carboxylic acids is 1. The van der Waals surface area contributed by atoms with Crippen LogP contribution < -0.4 is 25.7 Å². The van der Waals surface area contributed by atoms with E-state index in [1.165, 1.54) is 37.1 Å². The van der Waals surface area contributed by atoms with E-state index < -0.39 is 0 Å². The number of benzene rings is 2. The van der Waals surface area contributed by atoms with Crippen LogP contribution >= 0.6 is 0 Å². The van der Waals surface area contributed by atoms with Gasteiger partial charge in [-0.25, -0.2) is 13.9 Å². The summed E-state index contributed by atoms with van der Waals surface area (Å²) in [7, 11) is 3.05. The van der Waals surface area contributed by atoms with Crippen molar-refractivity contribution in [2.24, 2.45) is 0 Å². The molecular weight excluding hydrogens is 403 g/mol. The van der Waals surface area contributed by atoms with Gasteiger partial charge in [0.2, 0.25) is 0 Å². The number of ether oxygens (including phenoxy) is 2. The average molecular weight is 426 g/mol. The lowest BCUT2D eigenvalue weighted by atomic mass is 10.1. The van der Waals surface area contributed by atoms with Crippen LogP contribution in [-0.4, -0.2) is 36.6 Å². The van der Waals surface area contributed by atoms with Gasteiger partial charge < -0.3 is 20.1 Å². The Bertz CT molecular complexity index is 1100. The van der Waals surface area contributed by atoms with Gasteiger partial charge in [-0.2, -0.15) is 5.10 Å². The lowest BCUT2D eigenvalue weighted by molar-refractivity contribution is 0.251. The number of amides is 2. The molecule has 0 saturated heterocycles. The van der Waals surface area contributed by atoms with Crippen LogP contribution in [0, 0.1) is 5.82 Å². The highest BCUT2D eigenvalue weighted by molar-refractivity contribution is 5.89. The number of aryl methyl sites for hydroxylation is 1. The lowest BCUT2D eigenvalue weighted by Crippen LogP contribution is -2.31. The fourth-order valence-corrected chi connectivity index (χ4v) is 2.90. The number of methoxy groups -OCH3 is 2. The topological polar surface area (TPSA) is 94.5 Å². The summed E-state index contributed by atoms with van der Waals surface area (Å²) in [5.74, 6) is 0.732. The molecule has 31 heavy (non-hydrogen) atoms. The summed E-state index contributed by atoms with van der Waals surface area (Å²) in [4.78, 5) is 24.2. The van der Waals surface area contributed by atoms with E-state index in [2.05, 4.69) is 15.7 Å². The van der Waals surface area contributed by atoms with Gasteiger partial charge in [-0.1, -0.05) is 0 Å². The third-order valence-corrected chi connectivity index (χ3v) is 4.48. The van der Waals surface area contributed by atoms with Crippen molar-refractivity contribution in [3.05, 3.63) is 70.8 Å². The second-order valence-corrected chi connectivity index (χ2v) is 6.59. The van der Waals surface area contributed by atoms with E-state index >= 15 is 0 Å². The molecule has 0 saturated carbocycles. The van der Waals surface area contributed by atoms with E-state index in [9.17, 15) is 14.0 Å². The largest absolute Gasteiger partial charge is 0.493 e. The highest BCUT2D eigenvalue weighted by Gasteiger charge is 2.08. The SMILES string of the molecule is COc1ccc(NC(=O)NCCCn2nc(-c3ccc(F)cc3)ccc2=O)cc1OC. The highest BCUT2D eigenvalue weighted by Crippen LogP contribution is 2.29. The number of carbonyl (C=O) groups is 1. The quantitative estimate of drug-likeness (QED) is 0.539. The molecule has 0 spiro atoms. The van der Waals surface area contributed by atoms with Crippen LogP contribution in [0.1, 0.15) is 6.42 Å². The van der Waals surface area contributed by atoms with Gasteiger partial charge in [0, 0.05) is 36.5 Å². The molecule has 3 rings (SSSR count). The standard InChI is InChI=1S/C22H23FN4O4/c1-30-19-10-8-17(14-20(19)31-2)25-22(29)24-12-3-13-27-21(28)11-9-18(26-27)15-4-6-16(23)7-5-15/h4-11,14H,3,12-13H2,1-2H3,(H2,24,25,29). The van der Waals surface area contributed by atoms with Crippen LogP contribution in [0.5, 0.6) is 11.5 Å². The Morgan fingerprint density at radius 2 is 1.77 bits per heavy atom. The number of nitrogens with one attached hydrogen (secondary N) is 2. The van der Waals surface area contributed by atoms with E-state index in [-0.39, 0.29) is 17.4 Å². The molecule has 0 aliphatic rings. The van der Waals surface area contributed by atoms with Crippen LogP contribution in [0.3, 0.4) is 0 Å². The molecule has 0 aliphatic carbocycles. The summed E-state index contributed by atoms with van der Waals surface area (Å²) in [6.07, 6.45) is 0.499. The zero-order valence-electron chi connectivity index (χ0n) is 17.2. The first-order chi connectivity index (χ1) is 15.0. The van der Waals surface area contributed by atoms with E-state index in [4.69, 9.17) is 9.47 Å². The molecule has 0 atom stereocenters. The van der Waals surface area contributed by atoms with Crippen molar-refractivity contribution in [3.63, 3.8) is 0 Å². The van der Waals surface area contributed by atoms with Crippen LogP contribution in [0.15, 0.2) is 59.4 Å². The first kappa shape index (κ1) is 21.8. The molecule has 2 amide bonds. The fraction of sp³-hybridized carbons (Fsp3) is 0.227. The lowest BCUT2D eigenvalue weighted by Gasteiger charge is -2.11. The van der Waals surface area contributed by atoms with Crippen LogP contribution in [0.2, 0.25) is 0 Å². The number of aromatic nitrogens is 2. The molecule has 9 heteroatoms. The van der Waals surface area contributed by atoms with Crippen molar-refractivity contribution in [2.75, 3.05) is 26.1 Å². The number of urea groups is 1. The normalized spacial score (nSPS) is 10.4. The maximum atomic E-state index is 13.1. The molecule has 0 aliphatic heterocycles. The van der Waals surface area contributed by atoms with Gasteiger partial charge in [-0.05, 0) is 48.9 Å². The van der Waals surface area contributed by atoms with Crippen molar-refractivity contribution < 1.29 is 18.7 Å². The Kier molecular flexibility index (Phi) is 7.21. The molecule has 0 fully saturated rings. The monoisotopic (exact) mass is 426 g/mol. The molecule has 2 aromatic carbocycles. The number of rotatable bonds is 8. The van der Waals surface area contributed by atoms with Gasteiger partial charge in [0.15, 0.2) is 11.5 Å². The van der Waals surface area contributed by atoms with Gasteiger partial charge in [0.05, 0.1) is 19.9 Å². The van der Waals surface area contributed by atoms with Gasteiger partial charge in [-0.15, -0.1) is 0 Å². The minimum absolute atomic E-state index is 0.249. The Morgan fingerprint density at radius 1 is 1.03 bits per heavy atom. The Morgan fingerprint density at radius 3 is 2.48 bits per heavy atom. The molecule has 2 N–H and O–H groups in total. The maximum Gasteiger partial charge on any atom is 0.319 e. The minimum Gasteiger partial charge on any atom is -0.493 e. The third kappa shape index (κ3) is 5.81. The Hall–Kier alpha value is -3.88. The fourth-order valence-electron chi connectivity index (χ4n) is 2.90. The van der Waals surface area contributed by atoms with Crippen LogP contribution in [0.4, 0.5) is 14.9 Å². The predicted octanol–water partition coefficient (Wildman–Crippen LogP) is 3.28. The van der Waals surface area contributed by atoms with Crippen molar-refractivity contribution in [1.82, 2.24) is 15.1 Å². The van der Waals surface area contributed by atoms with Crippen molar-refractivity contribution in [2.45, 2.75) is 13.0 Å². The second kappa shape index (κ2) is 10.2. The second-order valence-electron chi connectivity index (χ2n) is 6.59. The summed E-state index contributed by atoms with van der Waals surface area (Å²) in [5.41, 5.74) is 1.59. The molecule has 3 aromatic rings. The zero-order chi connectivity index (χ0) is 22.2. The molecule has 0 bridgehead atoms.